The highest BCUT2D eigenvalue weighted by Crippen LogP contribution is 2.40. The molecule has 28 heteroatoms. The first kappa shape index (κ1) is 49.3. The second-order valence-corrected chi connectivity index (χ2v) is 16.9. The average Bonchev–Trinajstić information content (AvgIpc) is 3.92. The number of rotatable bonds is 15. The van der Waals surface area contributed by atoms with Gasteiger partial charge in [-0.05, 0) is 0 Å². The Morgan fingerprint density at radius 1 is 0.391 bits per heavy atom. The van der Waals surface area contributed by atoms with Crippen LogP contribution in [-0.4, -0.2) is 301 Å². The Labute approximate surface area is 362 Å². The molecule has 0 radical (unpaired) electrons. The second kappa shape index (κ2) is 20.5. The first-order valence-electron chi connectivity index (χ1n) is 20.9. The summed E-state index contributed by atoms with van der Waals surface area (Å²) in [6.07, 6.45) is -44.1. The fourth-order valence-electron chi connectivity index (χ4n) is 9.23. The van der Waals surface area contributed by atoms with Crippen LogP contribution in [0.1, 0.15) is 0 Å². The molecule has 0 amide bonds. The molecule has 8 rings (SSSR count). The van der Waals surface area contributed by atoms with Crippen molar-refractivity contribution >= 4 is 0 Å². The summed E-state index contributed by atoms with van der Waals surface area (Å²) in [5.41, 5.74) is 0. The molecule has 0 aliphatic carbocycles. The van der Waals surface area contributed by atoms with E-state index in [2.05, 4.69) is 0 Å². The Kier molecular flexibility index (Phi) is 15.8. The minimum atomic E-state index is -1.89. The molecule has 8 aliphatic heterocycles. The normalized spacial score (nSPS) is 54.6. The third kappa shape index (κ3) is 9.22. The van der Waals surface area contributed by atoms with Crippen molar-refractivity contribution in [3.63, 3.8) is 0 Å². The smallest absolute Gasteiger partial charge is 0.187 e. The molecule has 29 atom stereocenters. The molecule has 0 aromatic heterocycles. The van der Waals surface area contributed by atoms with Gasteiger partial charge in [0.15, 0.2) is 31.5 Å². The van der Waals surface area contributed by atoms with Gasteiger partial charge in [0, 0.05) is 0 Å². The van der Waals surface area contributed by atoms with Crippen LogP contribution < -0.4 is 0 Å². The highest BCUT2D eigenvalue weighted by Gasteiger charge is 2.60. The first-order chi connectivity index (χ1) is 30.6. The lowest BCUT2D eigenvalue weighted by Gasteiger charge is -2.48. The molecular formula is C36H58O28. The van der Waals surface area contributed by atoms with E-state index in [1.54, 1.807) is 0 Å². The molecule has 370 valence electrons. The lowest BCUT2D eigenvalue weighted by Crippen LogP contribution is -2.66. The second-order valence-electron chi connectivity index (χ2n) is 16.9. The Balaban J connectivity index is 0.900. The van der Waals surface area contributed by atoms with Crippen LogP contribution in [0.25, 0.3) is 0 Å². The third-order valence-corrected chi connectivity index (χ3v) is 12.8. The number of fused-ring (bicyclic) bond motifs is 4. The number of aliphatic hydroxyl groups is 15. The minimum absolute atomic E-state index is 0.176. The van der Waals surface area contributed by atoms with E-state index in [1.165, 1.54) is 0 Å². The molecule has 4 bridgehead atoms. The molecule has 8 heterocycles. The number of aliphatic hydroxyl groups excluding tert-OH is 15. The molecule has 64 heavy (non-hydrogen) atoms. The summed E-state index contributed by atoms with van der Waals surface area (Å²) in [5, 5.41) is 158. The third-order valence-electron chi connectivity index (χ3n) is 12.8. The van der Waals surface area contributed by atoms with Crippen molar-refractivity contribution in [3.05, 3.63) is 0 Å². The SMILES string of the molecule is OCC(O)C1OCC(O)C1OC1OC(CO)C(O)C(OC2OC3COC(C2O)C3OC2OC(CO)C(O)C(OC3OC4COC(C3O)C4OC3OC(CO)C(O)C(O)C3O)C2O)C1O. The highest BCUT2D eigenvalue weighted by molar-refractivity contribution is 5.03. The van der Waals surface area contributed by atoms with Gasteiger partial charge in [0.2, 0.25) is 0 Å². The number of hydrogen-bond donors (Lipinski definition) is 15. The highest BCUT2D eigenvalue weighted by atomic mass is 16.8. The molecule has 0 aromatic carbocycles. The number of ether oxygens (including phenoxy) is 13. The van der Waals surface area contributed by atoms with Crippen LogP contribution in [0.3, 0.4) is 0 Å². The van der Waals surface area contributed by atoms with Gasteiger partial charge in [-0.25, -0.2) is 0 Å². The van der Waals surface area contributed by atoms with Gasteiger partial charge in [-0.1, -0.05) is 0 Å². The molecule has 0 aromatic rings. The zero-order valence-electron chi connectivity index (χ0n) is 33.7. The van der Waals surface area contributed by atoms with Crippen LogP contribution in [-0.2, 0) is 61.6 Å². The maximum Gasteiger partial charge on any atom is 0.187 e. The van der Waals surface area contributed by atoms with Gasteiger partial charge >= 0.3 is 0 Å². The van der Waals surface area contributed by atoms with Crippen LogP contribution in [0.15, 0.2) is 0 Å². The summed E-state index contributed by atoms with van der Waals surface area (Å²) >= 11 is 0. The van der Waals surface area contributed by atoms with E-state index in [9.17, 15) is 76.6 Å². The zero-order chi connectivity index (χ0) is 45.9. The molecule has 0 saturated carbocycles. The summed E-state index contributed by atoms with van der Waals surface area (Å²) in [6, 6.07) is 0. The lowest BCUT2D eigenvalue weighted by atomic mass is 9.96. The predicted octanol–water partition coefficient (Wildman–Crippen LogP) is -11.3. The summed E-state index contributed by atoms with van der Waals surface area (Å²) in [4.78, 5) is 0. The van der Waals surface area contributed by atoms with Crippen molar-refractivity contribution in [2.45, 2.75) is 178 Å². The van der Waals surface area contributed by atoms with Crippen LogP contribution in [0.5, 0.6) is 0 Å². The molecule has 15 N–H and O–H groups in total. The van der Waals surface area contributed by atoms with Gasteiger partial charge in [-0.15, -0.1) is 0 Å². The van der Waals surface area contributed by atoms with Crippen molar-refractivity contribution in [3.8, 4) is 0 Å². The lowest BCUT2D eigenvalue weighted by molar-refractivity contribution is -0.379. The summed E-state index contributed by atoms with van der Waals surface area (Å²) in [6.45, 7) is -3.79. The van der Waals surface area contributed by atoms with Crippen molar-refractivity contribution < 1.29 is 138 Å². The van der Waals surface area contributed by atoms with Gasteiger partial charge in [0.25, 0.3) is 0 Å². The zero-order valence-corrected chi connectivity index (χ0v) is 33.7. The molecule has 29 unspecified atom stereocenters. The van der Waals surface area contributed by atoms with E-state index in [0.29, 0.717) is 0 Å². The monoisotopic (exact) mass is 938 g/mol. The fourth-order valence-corrected chi connectivity index (χ4v) is 9.23. The largest absolute Gasteiger partial charge is 0.394 e. The van der Waals surface area contributed by atoms with Crippen LogP contribution >= 0.6 is 0 Å². The van der Waals surface area contributed by atoms with E-state index in [4.69, 9.17) is 61.6 Å². The topological polar surface area (TPSA) is 423 Å². The predicted molar refractivity (Wildman–Crippen MR) is 191 cm³/mol. The van der Waals surface area contributed by atoms with E-state index < -0.39 is 204 Å². The maximum atomic E-state index is 11.5. The molecule has 0 spiro atoms. The maximum absolute atomic E-state index is 11.5. The van der Waals surface area contributed by atoms with Crippen molar-refractivity contribution in [2.24, 2.45) is 0 Å². The standard InChI is InChI=1S/C36H58O28/c37-1-8(41)24-25(9(42)5-52-24)60-33-20(48)28(16(44)11(3-39)56-33)63-36-23(51)31-27(14(59-36)7-54-31)62-34-21(49)29(17(45)12(4-40)57-34)64-35-22(50)30-26(13(58-35)6-53-30)61-32-19(47)18(46)15(43)10(2-38)55-32/h8-51H,1-7H2. The average molecular weight is 939 g/mol. The first-order valence-corrected chi connectivity index (χ1v) is 20.9. The van der Waals surface area contributed by atoms with E-state index in [1.807, 2.05) is 0 Å². The minimum Gasteiger partial charge on any atom is -0.394 e. The van der Waals surface area contributed by atoms with Gasteiger partial charge in [0.05, 0.1) is 46.2 Å². The van der Waals surface area contributed by atoms with E-state index in [-0.39, 0.29) is 19.8 Å². The Hall–Kier alpha value is -1.12. The van der Waals surface area contributed by atoms with Gasteiger partial charge in [-0.3, -0.25) is 0 Å². The molecule has 8 fully saturated rings. The Morgan fingerprint density at radius 2 is 0.781 bits per heavy atom. The van der Waals surface area contributed by atoms with E-state index in [0.717, 1.165) is 0 Å². The van der Waals surface area contributed by atoms with Crippen molar-refractivity contribution in [1.82, 2.24) is 0 Å². The van der Waals surface area contributed by atoms with Gasteiger partial charge in [-0.2, -0.15) is 0 Å². The Morgan fingerprint density at radius 3 is 1.22 bits per heavy atom. The fraction of sp³-hybridized carbons (Fsp3) is 1.00. The van der Waals surface area contributed by atoms with Crippen molar-refractivity contribution in [1.29, 1.82) is 0 Å². The molecular weight excluding hydrogens is 880 g/mol. The van der Waals surface area contributed by atoms with Gasteiger partial charge < -0.3 is 138 Å². The Bertz CT molecular complexity index is 1500. The summed E-state index contributed by atoms with van der Waals surface area (Å²) < 4.78 is 74.5. The van der Waals surface area contributed by atoms with Crippen LogP contribution in [0.2, 0.25) is 0 Å². The van der Waals surface area contributed by atoms with Crippen molar-refractivity contribution in [2.75, 3.05) is 46.2 Å². The van der Waals surface area contributed by atoms with Crippen LogP contribution in [0, 0.1) is 0 Å². The number of hydrogen-bond acceptors (Lipinski definition) is 28. The van der Waals surface area contributed by atoms with Crippen LogP contribution in [0.4, 0.5) is 0 Å². The quantitative estimate of drug-likeness (QED) is 0.0725. The molecule has 8 saturated heterocycles. The summed E-state index contributed by atoms with van der Waals surface area (Å²) in [5.74, 6) is 0. The molecule has 8 aliphatic rings. The molecule has 28 nitrogen and oxygen atoms in total. The van der Waals surface area contributed by atoms with E-state index >= 15 is 0 Å². The van der Waals surface area contributed by atoms with Gasteiger partial charge in [0.1, 0.15) is 146 Å². The summed E-state index contributed by atoms with van der Waals surface area (Å²) in [7, 11) is 0.